The van der Waals surface area contributed by atoms with Crippen LogP contribution in [0.4, 0.5) is 0 Å². The number of carboxylic acid groups (broad SMARTS) is 1. The Hall–Kier alpha value is -2.27. The zero-order valence-electron chi connectivity index (χ0n) is 11.6. The summed E-state index contributed by atoms with van der Waals surface area (Å²) < 4.78 is 10.5. The predicted octanol–water partition coefficient (Wildman–Crippen LogP) is 2.36. The van der Waals surface area contributed by atoms with Crippen molar-refractivity contribution in [3.8, 4) is 5.75 Å². The lowest BCUT2D eigenvalue weighted by molar-refractivity contribution is -0.000491. The van der Waals surface area contributed by atoms with E-state index in [1.807, 2.05) is 18.2 Å². The van der Waals surface area contributed by atoms with Crippen LogP contribution in [0.2, 0.25) is 0 Å². The summed E-state index contributed by atoms with van der Waals surface area (Å²) in [6.07, 6.45) is 2.71. The number of carbonyl (C=O) groups is 1. The minimum absolute atomic E-state index is 0.0175. The maximum Gasteiger partial charge on any atom is 0.339 e. The molecule has 0 amide bonds. The molecule has 1 aromatic carbocycles. The highest BCUT2D eigenvalue weighted by atomic mass is 16.5. The fraction of sp³-hybridized carbons (Fsp3) is 0.312. The quantitative estimate of drug-likeness (QED) is 0.906. The molecule has 1 aliphatic carbocycles. The van der Waals surface area contributed by atoms with Crippen LogP contribution in [0, 0.1) is 0 Å². The lowest BCUT2D eigenvalue weighted by atomic mass is 9.78. The van der Waals surface area contributed by atoms with Gasteiger partial charge in [-0.15, -0.1) is 0 Å². The van der Waals surface area contributed by atoms with Gasteiger partial charge in [0, 0.05) is 6.42 Å². The number of benzene rings is 1. The predicted molar refractivity (Wildman–Crippen MR) is 74.6 cm³/mol. The largest absolute Gasteiger partial charge is 0.497 e. The second-order valence-corrected chi connectivity index (χ2v) is 5.31. The number of aromatic carboxylic acids is 1. The average molecular weight is 288 g/mol. The zero-order valence-corrected chi connectivity index (χ0v) is 11.6. The van der Waals surface area contributed by atoms with Crippen molar-refractivity contribution in [2.24, 2.45) is 0 Å². The van der Waals surface area contributed by atoms with Crippen molar-refractivity contribution < 1.29 is 24.2 Å². The van der Waals surface area contributed by atoms with Crippen LogP contribution >= 0.6 is 0 Å². The molecule has 0 bridgehead atoms. The van der Waals surface area contributed by atoms with Gasteiger partial charge in [0.1, 0.15) is 22.7 Å². The molecule has 1 aliphatic rings. The molecule has 3 rings (SSSR count). The minimum Gasteiger partial charge on any atom is -0.497 e. The zero-order chi connectivity index (χ0) is 15.0. The molecule has 0 saturated heterocycles. The summed E-state index contributed by atoms with van der Waals surface area (Å²) in [5, 5.41) is 20.1. The molecule has 2 aromatic rings. The maximum absolute atomic E-state index is 11.2. The number of methoxy groups -OCH3 is 1. The van der Waals surface area contributed by atoms with Crippen LogP contribution in [0.1, 0.15) is 33.7 Å². The van der Waals surface area contributed by atoms with E-state index in [-0.39, 0.29) is 11.3 Å². The van der Waals surface area contributed by atoms with Crippen molar-refractivity contribution in [2.45, 2.75) is 24.9 Å². The molecule has 1 unspecified atom stereocenters. The summed E-state index contributed by atoms with van der Waals surface area (Å²) in [4.78, 5) is 11.2. The van der Waals surface area contributed by atoms with Gasteiger partial charge in [0.15, 0.2) is 0 Å². The molecule has 1 heterocycles. The second kappa shape index (κ2) is 4.93. The van der Waals surface area contributed by atoms with Crippen LogP contribution in [0.5, 0.6) is 5.75 Å². The van der Waals surface area contributed by atoms with E-state index >= 15 is 0 Å². The van der Waals surface area contributed by atoms with Gasteiger partial charge in [0.05, 0.1) is 13.4 Å². The summed E-state index contributed by atoms with van der Waals surface area (Å²) >= 11 is 0. The number of furan rings is 1. The standard InChI is InChI=1S/C16H16O5/c1-20-12-3-2-10-4-6-16(19,9-11(10)8-12)14-13(15(17)18)5-7-21-14/h2-3,5,7-8,19H,4,6,9H2,1H3,(H,17,18). The summed E-state index contributed by atoms with van der Waals surface area (Å²) in [5.41, 5.74) is 0.819. The highest BCUT2D eigenvalue weighted by Crippen LogP contribution is 2.39. The molecule has 21 heavy (non-hydrogen) atoms. The number of fused-ring (bicyclic) bond motifs is 1. The SMILES string of the molecule is COc1ccc2c(c1)CC(O)(c1occc1C(=O)O)CC2. The first-order valence-electron chi connectivity index (χ1n) is 6.73. The highest BCUT2D eigenvalue weighted by molar-refractivity contribution is 5.89. The number of hydrogen-bond acceptors (Lipinski definition) is 4. The Kier molecular flexibility index (Phi) is 3.22. The Labute approximate surface area is 121 Å². The summed E-state index contributed by atoms with van der Waals surface area (Å²) in [5.74, 6) is -0.247. The third-order valence-electron chi connectivity index (χ3n) is 4.02. The van der Waals surface area contributed by atoms with Crippen molar-refractivity contribution in [2.75, 3.05) is 7.11 Å². The Morgan fingerprint density at radius 3 is 2.86 bits per heavy atom. The number of aryl methyl sites for hydroxylation is 1. The van der Waals surface area contributed by atoms with E-state index in [4.69, 9.17) is 9.15 Å². The molecule has 110 valence electrons. The Morgan fingerprint density at radius 1 is 1.33 bits per heavy atom. The number of rotatable bonds is 3. The Bertz CT molecular complexity index is 688. The monoisotopic (exact) mass is 288 g/mol. The van der Waals surface area contributed by atoms with Crippen molar-refractivity contribution in [1.82, 2.24) is 0 Å². The first-order chi connectivity index (χ1) is 10.0. The Balaban J connectivity index is 2.00. The first kappa shape index (κ1) is 13.7. The van der Waals surface area contributed by atoms with Crippen molar-refractivity contribution in [1.29, 1.82) is 0 Å². The van der Waals surface area contributed by atoms with E-state index in [1.165, 1.54) is 12.3 Å². The van der Waals surface area contributed by atoms with E-state index < -0.39 is 11.6 Å². The lowest BCUT2D eigenvalue weighted by Crippen LogP contribution is -2.34. The normalized spacial score (nSPS) is 20.9. The number of carboxylic acids is 1. The van der Waals surface area contributed by atoms with Crippen LogP contribution < -0.4 is 4.74 Å². The third kappa shape index (κ3) is 2.29. The van der Waals surface area contributed by atoms with Gasteiger partial charge in [-0.05, 0) is 42.2 Å². The number of ether oxygens (including phenoxy) is 1. The minimum atomic E-state index is -1.30. The third-order valence-corrected chi connectivity index (χ3v) is 4.02. The topological polar surface area (TPSA) is 79.9 Å². The van der Waals surface area contributed by atoms with Gasteiger partial charge in [0.2, 0.25) is 0 Å². The van der Waals surface area contributed by atoms with Gasteiger partial charge >= 0.3 is 5.97 Å². The van der Waals surface area contributed by atoms with E-state index in [2.05, 4.69) is 0 Å². The molecule has 0 spiro atoms. The first-order valence-corrected chi connectivity index (χ1v) is 6.73. The van der Waals surface area contributed by atoms with E-state index in [0.717, 1.165) is 16.9 Å². The van der Waals surface area contributed by atoms with Crippen LogP contribution in [0.25, 0.3) is 0 Å². The van der Waals surface area contributed by atoms with Crippen LogP contribution in [-0.2, 0) is 18.4 Å². The van der Waals surface area contributed by atoms with E-state index in [0.29, 0.717) is 19.3 Å². The van der Waals surface area contributed by atoms with Crippen LogP contribution in [0.3, 0.4) is 0 Å². The lowest BCUT2D eigenvalue weighted by Gasteiger charge is -2.32. The smallest absolute Gasteiger partial charge is 0.339 e. The van der Waals surface area contributed by atoms with E-state index in [1.54, 1.807) is 7.11 Å². The molecule has 0 fully saturated rings. The number of hydrogen-bond donors (Lipinski definition) is 2. The van der Waals surface area contributed by atoms with Gasteiger partial charge in [-0.3, -0.25) is 0 Å². The summed E-state index contributed by atoms with van der Waals surface area (Å²) in [6, 6.07) is 7.12. The molecule has 2 N–H and O–H groups in total. The van der Waals surface area contributed by atoms with Gasteiger partial charge in [-0.1, -0.05) is 6.07 Å². The molecule has 0 aliphatic heterocycles. The van der Waals surface area contributed by atoms with Crippen LogP contribution in [0.15, 0.2) is 34.9 Å². The average Bonchev–Trinajstić information content (AvgIpc) is 2.97. The summed E-state index contributed by atoms with van der Waals surface area (Å²) in [6.45, 7) is 0. The fourth-order valence-electron chi connectivity index (χ4n) is 2.91. The molecule has 1 aromatic heterocycles. The van der Waals surface area contributed by atoms with Crippen molar-refractivity contribution in [3.63, 3.8) is 0 Å². The van der Waals surface area contributed by atoms with Crippen molar-refractivity contribution >= 4 is 5.97 Å². The van der Waals surface area contributed by atoms with Gasteiger partial charge in [0.25, 0.3) is 0 Å². The van der Waals surface area contributed by atoms with Crippen molar-refractivity contribution in [3.05, 3.63) is 53.0 Å². The molecular weight excluding hydrogens is 272 g/mol. The highest BCUT2D eigenvalue weighted by Gasteiger charge is 2.39. The molecule has 5 heteroatoms. The number of aliphatic hydroxyl groups is 1. The van der Waals surface area contributed by atoms with Gasteiger partial charge in [-0.25, -0.2) is 4.79 Å². The fourth-order valence-corrected chi connectivity index (χ4v) is 2.91. The molecular formula is C16H16O5. The molecule has 5 nitrogen and oxygen atoms in total. The second-order valence-electron chi connectivity index (χ2n) is 5.31. The van der Waals surface area contributed by atoms with Gasteiger partial charge in [-0.2, -0.15) is 0 Å². The maximum atomic E-state index is 11.2. The summed E-state index contributed by atoms with van der Waals surface area (Å²) in [7, 11) is 1.59. The molecule has 0 saturated carbocycles. The van der Waals surface area contributed by atoms with Gasteiger partial charge < -0.3 is 19.4 Å². The molecule has 0 radical (unpaired) electrons. The van der Waals surface area contributed by atoms with E-state index in [9.17, 15) is 15.0 Å². The molecule has 1 atom stereocenters. The Morgan fingerprint density at radius 2 is 2.14 bits per heavy atom. The van der Waals surface area contributed by atoms with Crippen LogP contribution in [-0.4, -0.2) is 23.3 Å².